The molecule has 1 saturated heterocycles. The van der Waals surface area contributed by atoms with Crippen LogP contribution in [0.25, 0.3) is 0 Å². The molecule has 0 aliphatic carbocycles. The molecular weight excluding hydrogens is 316 g/mol. The normalized spacial score (nSPS) is 18.0. The van der Waals surface area contributed by atoms with E-state index < -0.39 is 10.0 Å². The van der Waals surface area contributed by atoms with Crippen LogP contribution in [0.15, 0.2) is 29.2 Å². The minimum atomic E-state index is -3.64. The number of benzene rings is 1. The van der Waals surface area contributed by atoms with E-state index in [9.17, 15) is 13.2 Å². The first-order valence-electron chi connectivity index (χ1n) is 8.02. The van der Waals surface area contributed by atoms with Gasteiger partial charge in [0.15, 0.2) is 0 Å². The molecule has 0 bridgehead atoms. The van der Waals surface area contributed by atoms with Gasteiger partial charge in [0, 0.05) is 25.3 Å². The van der Waals surface area contributed by atoms with Gasteiger partial charge >= 0.3 is 0 Å². The lowest BCUT2D eigenvalue weighted by molar-refractivity contribution is 0.0953. The summed E-state index contributed by atoms with van der Waals surface area (Å²) in [6, 6.07) is 6.08. The van der Waals surface area contributed by atoms with Crippen molar-refractivity contribution in [3.63, 3.8) is 0 Å². The third-order valence-corrected chi connectivity index (χ3v) is 5.17. The lowest BCUT2D eigenvalue weighted by atomic mass is 10.2. The molecule has 0 saturated carbocycles. The number of ether oxygens (including phenoxy) is 1. The smallest absolute Gasteiger partial charge is 0.251 e. The van der Waals surface area contributed by atoms with Gasteiger partial charge in [0.2, 0.25) is 10.0 Å². The maximum atomic E-state index is 12.3. The van der Waals surface area contributed by atoms with Crippen LogP contribution >= 0.6 is 0 Å². The van der Waals surface area contributed by atoms with E-state index >= 15 is 0 Å². The summed E-state index contributed by atoms with van der Waals surface area (Å²) in [6.07, 6.45) is 3.64. The summed E-state index contributed by atoms with van der Waals surface area (Å²) in [7, 11) is -3.64. The van der Waals surface area contributed by atoms with Gasteiger partial charge in [0.25, 0.3) is 5.91 Å². The molecule has 1 aromatic carbocycles. The molecule has 1 amide bonds. The minimum Gasteiger partial charge on any atom is -0.377 e. The molecule has 128 valence electrons. The Kier molecular flexibility index (Phi) is 6.56. The Morgan fingerprint density at radius 2 is 2.22 bits per heavy atom. The van der Waals surface area contributed by atoms with Crippen molar-refractivity contribution in [1.29, 1.82) is 0 Å². The number of nitrogens with one attached hydrogen (secondary N) is 2. The highest BCUT2D eigenvalue weighted by atomic mass is 32.2. The van der Waals surface area contributed by atoms with Gasteiger partial charge in [0.05, 0.1) is 11.0 Å². The molecule has 7 heteroatoms. The second-order valence-corrected chi connectivity index (χ2v) is 7.39. The lowest BCUT2D eigenvalue weighted by Crippen LogP contribution is -2.32. The number of sulfonamides is 1. The van der Waals surface area contributed by atoms with E-state index in [0.717, 1.165) is 25.7 Å². The van der Waals surface area contributed by atoms with Gasteiger partial charge in [0.1, 0.15) is 0 Å². The lowest BCUT2D eigenvalue weighted by Gasteiger charge is -2.12. The van der Waals surface area contributed by atoms with Gasteiger partial charge in [-0.15, -0.1) is 0 Å². The van der Waals surface area contributed by atoms with Crippen LogP contribution in [0.3, 0.4) is 0 Å². The molecule has 1 aromatic rings. The van der Waals surface area contributed by atoms with Crippen molar-refractivity contribution >= 4 is 15.9 Å². The molecule has 1 heterocycles. The molecule has 0 aromatic heterocycles. The number of carbonyl (C=O) groups is 1. The summed E-state index contributed by atoms with van der Waals surface area (Å²) < 4.78 is 32.6. The topological polar surface area (TPSA) is 84.5 Å². The van der Waals surface area contributed by atoms with Crippen molar-refractivity contribution in [2.75, 3.05) is 19.7 Å². The zero-order valence-electron chi connectivity index (χ0n) is 13.4. The van der Waals surface area contributed by atoms with E-state index in [-0.39, 0.29) is 23.5 Å². The first kappa shape index (κ1) is 17.9. The fourth-order valence-electron chi connectivity index (χ4n) is 2.38. The first-order valence-corrected chi connectivity index (χ1v) is 9.51. The number of carbonyl (C=O) groups excluding carboxylic acids is 1. The highest BCUT2D eigenvalue weighted by molar-refractivity contribution is 7.89. The van der Waals surface area contributed by atoms with E-state index in [1.165, 1.54) is 12.1 Å². The van der Waals surface area contributed by atoms with Crippen LogP contribution in [0, 0.1) is 0 Å². The van der Waals surface area contributed by atoms with E-state index in [1.807, 2.05) is 6.92 Å². The van der Waals surface area contributed by atoms with Crippen molar-refractivity contribution in [2.24, 2.45) is 0 Å². The predicted octanol–water partition coefficient (Wildman–Crippen LogP) is 1.67. The molecule has 1 atom stereocenters. The summed E-state index contributed by atoms with van der Waals surface area (Å²) in [5, 5.41) is 2.78. The number of rotatable bonds is 8. The van der Waals surface area contributed by atoms with Crippen LogP contribution in [0.4, 0.5) is 0 Å². The van der Waals surface area contributed by atoms with E-state index in [4.69, 9.17) is 4.74 Å². The molecule has 1 aliphatic heterocycles. The zero-order chi connectivity index (χ0) is 16.7. The van der Waals surface area contributed by atoms with Crippen molar-refractivity contribution in [3.05, 3.63) is 29.8 Å². The second kappa shape index (κ2) is 8.42. The van der Waals surface area contributed by atoms with E-state index in [1.54, 1.807) is 12.1 Å². The van der Waals surface area contributed by atoms with Crippen LogP contribution in [-0.4, -0.2) is 40.1 Å². The monoisotopic (exact) mass is 340 g/mol. The van der Waals surface area contributed by atoms with Crippen molar-refractivity contribution in [3.8, 4) is 0 Å². The molecule has 0 radical (unpaired) electrons. The molecule has 1 fully saturated rings. The van der Waals surface area contributed by atoms with Crippen LogP contribution in [0.2, 0.25) is 0 Å². The third-order valence-electron chi connectivity index (χ3n) is 3.75. The van der Waals surface area contributed by atoms with Crippen molar-refractivity contribution in [2.45, 2.75) is 43.6 Å². The highest BCUT2D eigenvalue weighted by Crippen LogP contribution is 2.14. The summed E-state index contributed by atoms with van der Waals surface area (Å²) in [4.78, 5) is 12.1. The minimum absolute atomic E-state index is 0.0645. The SMILES string of the molecule is CCCCNC(=O)c1cccc(S(=O)(=O)NC[C@H]2CCCO2)c1. The fourth-order valence-corrected chi connectivity index (χ4v) is 3.49. The molecule has 2 rings (SSSR count). The average Bonchev–Trinajstić information content (AvgIpc) is 3.07. The van der Waals surface area contributed by atoms with Crippen LogP contribution in [0.5, 0.6) is 0 Å². The highest BCUT2D eigenvalue weighted by Gasteiger charge is 2.21. The van der Waals surface area contributed by atoms with Crippen LogP contribution < -0.4 is 10.0 Å². The maximum absolute atomic E-state index is 12.3. The molecule has 0 spiro atoms. The van der Waals surface area contributed by atoms with Gasteiger partial charge in [-0.25, -0.2) is 13.1 Å². The average molecular weight is 340 g/mol. The Bertz CT molecular complexity index is 625. The van der Waals surface area contributed by atoms with Gasteiger partial charge in [-0.3, -0.25) is 4.79 Å². The van der Waals surface area contributed by atoms with E-state index in [0.29, 0.717) is 18.7 Å². The molecule has 23 heavy (non-hydrogen) atoms. The molecule has 2 N–H and O–H groups in total. The van der Waals surface area contributed by atoms with E-state index in [2.05, 4.69) is 10.0 Å². The molecule has 6 nitrogen and oxygen atoms in total. The van der Waals surface area contributed by atoms with Crippen LogP contribution in [-0.2, 0) is 14.8 Å². The largest absolute Gasteiger partial charge is 0.377 e. The summed E-state index contributed by atoms with van der Waals surface area (Å²) in [5.74, 6) is -0.255. The molecular formula is C16H24N2O4S. The summed E-state index contributed by atoms with van der Waals surface area (Å²) >= 11 is 0. The predicted molar refractivity (Wildman–Crippen MR) is 87.8 cm³/mol. The van der Waals surface area contributed by atoms with Gasteiger partial charge in [-0.1, -0.05) is 19.4 Å². The van der Waals surface area contributed by atoms with Crippen molar-refractivity contribution in [1.82, 2.24) is 10.0 Å². The second-order valence-electron chi connectivity index (χ2n) is 5.62. The number of amides is 1. The summed E-state index contributed by atoms with van der Waals surface area (Å²) in [6.45, 7) is 3.57. The van der Waals surface area contributed by atoms with Crippen molar-refractivity contribution < 1.29 is 17.9 Å². The number of hydrogen-bond acceptors (Lipinski definition) is 4. The van der Waals surface area contributed by atoms with Gasteiger partial charge in [-0.2, -0.15) is 0 Å². The quantitative estimate of drug-likeness (QED) is 0.705. The Labute approximate surface area is 137 Å². The fraction of sp³-hybridized carbons (Fsp3) is 0.562. The molecule has 0 unspecified atom stereocenters. The standard InChI is InChI=1S/C16H24N2O4S/c1-2-3-9-17-16(19)13-6-4-8-15(11-13)23(20,21)18-12-14-7-5-10-22-14/h4,6,8,11,14,18H,2-3,5,7,9-10,12H2,1H3,(H,17,19)/t14-/m1/s1. The third kappa shape index (κ3) is 5.30. The molecule has 1 aliphatic rings. The van der Waals surface area contributed by atoms with Gasteiger partial charge in [-0.05, 0) is 37.5 Å². The Morgan fingerprint density at radius 1 is 1.39 bits per heavy atom. The number of unbranched alkanes of at least 4 members (excludes halogenated alkanes) is 1. The zero-order valence-corrected chi connectivity index (χ0v) is 14.2. The Morgan fingerprint density at radius 3 is 2.91 bits per heavy atom. The Balaban J connectivity index is 2.00. The summed E-state index contributed by atoms with van der Waals surface area (Å²) in [5.41, 5.74) is 0.348. The van der Waals surface area contributed by atoms with Gasteiger partial charge < -0.3 is 10.1 Å². The first-order chi connectivity index (χ1) is 11.0. The number of hydrogen-bond donors (Lipinski definition) is 2. The maximum Gasteiger partial charge on any atom is 0.251 e. The Hall–Kier alpha value is -1.44. The van der Waals surface area contributed by atoms with Crippen LogP contribution in [0.1, 0.15) is 43.0 Å².